The van der Waals surface area contributed by atoms with Gasteiger partial charge >= 0.3 is 0 Å². The number of hydrogen-bond acceptors (Lipinski definition) is 4. The highest BCUT2D eigenvalue weighted by atomic mass is 35.5. The number of aromatic nitrogens is 1. The fourth-order valence-electron chi connectivity index (χ4n) is 1.47. The lowest BCUT2D eigenvalue weighted by atomic mass is 10.1. The Morgan fingerprint density at radius 2 is 2.25 bits per heavy atom. The van der Waals surface area contributed by atoms with E-state index in [4.69, 9.17) is 22.7 Å². The zero-order chi connectivity index (χ0) is 11.7. The van der Waals surface area contributed by atoms with Gasteiger partial charge < -0.3 is 5.43 Å². The number of rotatable bonds is 1. The molecule has 0 fully saturated rings. The molecule has 0 aliphatic carbocycles. The third-order valence-electron chi connectivity index (χ3n) is 2.18. The van der Waals surface area contributed by atoms with E-state index in [1.54, 1.807) is 0 Å². The smallest absolute Gasteiger partial charge is 0.149 e. The van der Waals surface area contributed by atoms with Crippen molar-refractivity contribution in [3.8, 4) is 6.07 Å². The van der Waals surface area contributed by atoms with Crippen LogP contribution < -0.4 is 11.3 Å². The molecule has 0 unspecified atom stereocenters. The minimum atomic E-state index is -0.514. The fraction of sp³-hybridized carbons (Fsp3) is 0. The number of pyridine rings is 1. The van der Waals surface area contributed by atoms with Gasteiger partial charge in [0.2, 0.25) is 0 Å². The van der Waals surface area contributed by atoms with Gasteiger partial charge in [0.05, 0.1) is 16.3 Å². The Morgan fingerprint density at radius 3 is 2.88 bits per heavy atom. The molecular weight excluding hydrogens is 231 g/mol. The molecule has 80 valence electrons. The number of anilines is 1. The van der Waals surface area contributed by atoms with Crippen molar-refractivity contribution in [2.45, 2.75) is 0 Å². The van der Waals surface area contributed by atoms with E-state index in [1.165, 1.54) is 18.3 Å². The highest BCUT2D eigenvalue weighted by Crippen LogP contribution is 2.32. The van der Waals surface area contributed by atoms with E-state index in [0.29, 0.717) is 5.39 Å². The molecule has 0 atom stereocenters. The zero-order valence-electron chi connectivity index (χ0n) is 7.96. The maximum Gasteiger partial charge on any atom is 0.149 e. The zero-order valence-corrected chi connectivity index (χ0v) is 8.72. The summed E-state index contributed by atoms with van der Waals surface area (Å²) in [6.45, 7) is 0. The molecule has 2 rings (SSSR count). The monoisotopic (exact) mass is 236 g/mol. The molecule has 0 bridgehead atoms. The van der Waals surface area contributed by atoms with Crippen LogP contribution in [0, 0.1) is 17.1 Å². The lowest BCUT2D eigenvalue weighted by Gasteiger charge is -2.08. The highest BCUT2D eigenvalue weighted by Gasteiger charge is 2.13. The van der Waals surface area contributed by atoms with Crippen molar-refractivity contribution < 1.29 is 4.39 Å². The van der Waals surface area contributed by atoms with Crippen molar-refractivity contribution in [1.29, 1.82) is 5.26 Å². The average Bonchev–Trinajstić information content (AvgIpc) is 2.32. The highest BCUT2D eigenvalue weighted by molar-refractivity contribution is 6.36. The second-order valence-electron chi connectivity index (χ2n) is 3.06. The number of benzene rings is 1. The van der Waals surface area contributed by atoms with Crippen molar-refractivity contribution in [3.63, 3.8) is 0 Å². The van der Waals surface area contributed by atoms with Crippen LogP contribution in [-0.2, 0) is 0 Å². The van der Waals surface area contributed by atoms with Crippen LogP contribution in [0.3, 0.4) is 0 Å². The molecule has 4 nitrogen and oxygen atoms in total. The van der Waals surface area contributed by atoms with E-state index in [9.17, 15) is 4.39 Å². The van der Waals surface area contributed by atoms with Gasteiger partial charge in [-0.2, -0.15) is 5.26 Å². The molecule has 0 amide bonds. The molecule has 3 N–H and O–H groups in total. The van der Waals surface area contributed by atoms with Crippen LogP contribution in [0.4, 0.5) is 10.1 Å². The van der Waals surface area contributed by atoms with Gasteiger partial charge in [0.1, 0.15) is 17.4 Å². The average molecular weight is 237 g/mol. The fourth-order valence-corrected chi connectivity index (χ4v) is 1.72. The summed E-state index contributed by atoms with van der Waals surface area (Å²) < 4.78 is 13.4. The van der Waals surface area contributed by atoms with E-state index >= 15 is 0 Å². The van der Waals surface area contributed by atoms with Crippen LogP contribution in [0.15, 0.2) is 18.3 Å². The number of nitrogens with zero attached hydrogens (tertiary/aromatic N) is 2. The van der Waals surface area contributed by atoms with Crippen molar-refractivity contribution in [3.05, 3.63) is 34.7 Å². The van der Waals surface area contributed by atoms with Crippen LogP contribution in [0.1, 0.15) is 5.56 Å². The van der Waals surface area contributed by atoms with E-state index in [0.717, 1.165) is 0 Å². The van der Waals surface area contributed by atoms with Crippen molar-refractivity contribution in [2.24, 2.45) is 5.84 Å². The first-order valence-electron chi connectivity index (χ1n) is 4.32. The molecule has 2 aromatic rings. The number of nitrogen functional groups attached to an aromatic ring is 1. The lowest BCUT2D eigenvalue weighted by molar-refractivity contribution is 0.637. The summed E-state index contributed by atoms with van der Waals surface area (Å²) in [4.78, 5) is 3.84. The van der Waals surface area contributed by atoms with Crippen LogP contribution in [0.5, 0.6) is 0 Å². The number of hydrogen-bond donors (Lipinski definition) is 2. The Kier molecular flexibility index (Phi) is 2.60. The van der Waals surface area contributed by atoms with Crippen LogP contribution in [-0.4, -0.2) is 4.98 Å². The summed E-state index contributed by atoms with van der Waals surface area (Å²) in [5.41, 5.74) is 2.91. The molecule has 1 heterocycles. The first-order valence-corrected chi connectivity index (χ1v) is 4.70. The number of nitrogens with two attached hydrogens (primary N) is 1. The molecular formula is C10H6ClFN4. The van der Waals surface area contributed by atoms with Crippen LogP contribution >= 0.6 is 11.6 Å². The number of nitrogens with one attached hydrogen (secondary N) is 1. The van der Waals surface area contributed by atoms with Crippen molar-refractivity contribution >= 4 is 28.2 Å². The third kappa shape index (κ3) is 1.45. The topological polar surface area (TPSA) is 74.7 Å². The SMILES string of the molecule is N#Cc1cnc2c(F)ccc(Cl)c2c1NN. The summed E-state index contributed by atoms with van der Waals surface area (Å²) >= 11 is 5.93. The molecule has 1 aromatic heterocycles. The predicted octanol–water partition coefficient (Wildman–Crippen LogP) is 2.18. The molecule has 0 radical (unpaired) electrons. The number of nitriles is 1. The number of hydrazine groups is 1. The Bertz CT molecular complexity index is 606. The minimum Gasteiger partial charge on any atom is -0.322 e. The molecule has 0 saturated heterocycles. The standard InChI is InChI=1S/C10H6ClFN4/c11-6-1-2-7(12)10-8(6)9(16-14)5(3-13)4-15-10/h1-2,4H,14H2,(H,15,16). The first-order chi connectivity index (χ1) is 7.69. The van der Waals surface area contributed by atoms with Gasteiger partial charge in [-0.1, -0.05) is 11.6 Å². The number of halogens is 2. The van der Waals surface area contributed by atoms with Crippen LogP contribution in [0.25, 0.3) is 10.9 Å². The van der Waals surface area contributed by atoms with Crippen molar-refractivity contribution in [2.75, 3.05) is 5.43 Å². The Hall–Kier alpha value is -1.90. The van der Waals surface area contributed by atoms with Gasteiger partial charge in [-0.05, 0) is 12.1 Å². The quantitative estimate of drug-likeness (QED) is 0.588. The summed E-state index contributed by atoms with van der Waals surface area (Å²) in [5.74, 6) is 4.79. The van der Waals surface area contributed by atoms with Gasteiger partial charge in [-0.3, -0.25) is 10.8 Å². The maximum absolute atomic E-state index is 13.4. The number of fused-ring (bicyclic) bond motifs is 1. The van der Waals surface area contributed by atoms with E-state index in [-0.39, 0.29) is 21.8 Å². The van der Waals surface area contributed by atoms with E-state index in [1.807, 2.05) is 6.07 Å². The van der Waals surface area contributed by atoms with E-state index < -0.39 is 5.82 Å². The molecule has 1 aromatic carbocycles. The molecule has 16 heavy (non-hydrogen) atoms. The second-order valence-corrected chi connectivity index (χ2v) is 3.46. The molecule has 0 aliphatic rings. The summed E-state index contributed by atoms with van der Waals surface area (Å²) in [7, 11) is 0. The maximum atomic E-state index is 13.4. The van der Waals surface area contributed by atoms with Gasteiger partial charge in [-0.15, -0.1) is 0 Å². The Labute approximate surface area is 95.4 Å². The summed E-state index contributed by atoms with van der Waals surface area (Å²) in [6, 6.07) is 4.50. The second kappa shape index (κ2) is 3.93. The largest absolute Gasteiger partial charge is 0.322 e. The van der Waals surface area contributed by atoms with Gasteiger partial charge in [0.25, 0.3) is 0 Å². The molecule has 0 saturated carbocycles. The molecule has 0 aliphatic heterocycles. The lowest BCUT2D eigenvalue weighted by Crippen LogP contribution is -2.10. The van der Waals surface area contributed by atoms with Crippen LogP contribution in [0.2, 0.25) is 5.02 Å². The molecule has 0 spiro atoms. The Balaban J connectivity index is 2.98. The first kappa shape index (κ1) is 10.6. The minimum absolute atomic E-state index is 0.0828. The third-order valence-corrected chi connectivity index (χ3v) is 2.50. The van der Waals surface area contributed by atoms with Gasteiger partial charge in [-0.25, -0.2) is 4.39 Å². The predicted molar refractivity (Wildman–Crippen MR) is 59.2 cm³/mol. The summed E-state index contributed by atoms with van der Waals surface area (Å²) in [5, 5.41) is 9.44. The van der Waals surface area contributed by atoms with Crippen molar-refractivity contribution in [1.82, 2.24) is 4.98 Å². The molecule has 6 heteroatoms. The Morgan fingerprint density at radius 1 is 1.50 bits per heavy atom. The normalized spacial score (nSPS) is 10.1. The van der Waals surface area contributed by atoms with Gasteiger partial charge in [0, 0.05) is 11.6 Å². The van der Waals surface area contributed by atoms with Gasteiger partial charge in [0.15, 0.2) is 0 Å². The summed E-state index contributed by atoms with van der Waals surface area (Å²) in [6.07, 6.45) is 1.25. The van der Waals surface area contributed by atoms with E-state index in [2.05, 4.69) is 10.4 Å².